The minimum absolute atomic E-state index is 0.103. The third kappa shape index (κ3) is 2.16. The van der Waals surface area contributed by atoms with Crippen LogP contribution < -0.4 is 11.1 Å². The van der Waals surface area contributed by atoms with Crippen LogP contribution in [0.3, 0.4) is 0 Å². The fourth-order valence-electron chi connectivity index (χ4n) is 2.12. The molecule has 0 radical (unpaired) electrons. The predicted octanol–water partition coefficient (Wildman–Crippen LogP) is 2.19. The van der Waals surface area contributed by atoms with Crippen molar-refractivity contribution in [2.24, 2.45) is 0 Å². The van der Waals surface area contributed by atoms with Crippen molar-refractivity contribution in [3.63, 3.8) is 0 Å². The van der Waals surface area contributed by atoms with Crippen molar-refractivity contribution in [2.75, 3.05) is 11.1 Å². The lowest BCUT2D eigenvalue weighted by atomic mass is 10.1. The number of aryl methyl sites for hydroxylation is 1. The molecule has 1 aromatic carbocycles. The minimum atomic E-state index is 0.103. The molecule has 2 aromatic heterocycles. The number of hydrogen-bond donors (Lipinski definition) is 2. The molecule has 1 unspecified atom stereocenters. The van der Waals surface area contributed by atoms with E-state index in [0.29, 0.717) is 0 Å². The number of benzene rings is 1. The molecule has 0 aliphatic rings. The number of hydrogen-bond acceptors (Lipinski definition) is 5. The highest BCUT2D eigenvalue weighted by atomic mass is 15.3. The fourth-order valence-corrected chi connectivity index (χ4v) is 2.12. The summed E-state index contributed by atoms with van der Waals surface area (Å²) in [7, 11) is 0. The highest BCUT2D eigenvalue weighted by Gasteiger charge is 2.11. The van der Waals surface area contributed by atoms with Gasteiger partial charge in [0.15, 0.2) is 5.82 Å². The van der Waals surface area contributed by atoms with E-state index in [1.807, 2.05) is 41.8 Å². The van der Waals surface area contributed by atoms with Crippen LogP contribution in [0.15, 0.2) is 36.7 Å². The fraction of sp³-hybridized carbons (Fsp3) is 0.214. The van der Waals surface area contributed by atoms with Gasteiger partial charge in [0.25, 0.3) is 0 Å². The number of nitrogen functional groups attached to an aromatic ring is 1. The van der Waals surface area contributed by atoms with Gasteiger partial charge in [-0.05, 0) is 31.5 Å². The number of aromatic nitrogens is 4. The Labute approximate surface area is 116 Å². The molecule has 102 valence electrons. The van der Waals surface area contributed by atoms with E-state index in [4.69, 9.17) is 5.73 Å². The van der Waals surface area contributed by atoms with Crippen molar-refractivity contribution < 1.29 is 0 Å². The summed E-state index contributed by atoms with van der Waals surface area (Å²) in [6.07, 6.45) is 3.59. The van der Waals surface area contributed by atoms with E-state index in [1.165, 1.54) is 0 Å². The highest BCUT2D eigenvalue weighted by Crippen LogP contribution is 2.21. The van der Waals surface area contributed by atoms with E-state index in [-0.39, 0.29) is 6.04 Å². The molecule has 20 heavy (non-hydrogen) atoms. The maximum absolute atomic E-state index is 5.70. The van der Waals surface area contributed by atoms with Crippen LogP contribution in [0.25, 0.3) is 5.65 Å². The van der Waals surface area contributed by atoms with Gasteiger partial charge in [0.1, 0.15) is 5.82 Å². The van der Waals surface area contributed by atoms with Crippen molar-refractivity contribution in [2.45, 2.75) is 19.9 Å². The number of anilines is 2. The first kappa shape index (κ1) is 12.4. The maximum atomic E-state index is 5.70. The first-order chi connectivity index (χ1) is 9.65. The summed E-state index contributed by atoms with van der Waals surface area (Å²) in [5, 5.41) is 11.6. The molecule has 0 bridgehead atoms. The average Bonchev–Trinajstić information content (AvgIpc) is 2.82. The van der Waals surface area contributed by atoms with Crippen LogP contribution in [-0.4, -0.2) is 19.6 Å². The molecule has 0 aliphatic heterocycles. The zero-order chi connectivity index (χ0) is 14.1. The van der Waals surface area contributed by atoms with Crippen molar-refractivity contribution >= 4 is 17.2 Å². The van der Waals surface area contributed by atoms with Crippen LogP contribution in [0, 0.1) is 6.92 Å². The Morgan fingerprint density at radius 2 is 1.95 bits per heavy atom. The van der Waals surface area contributed by atoms with Gasteiger partial charge in [-0.3, -0.25) is 4.40 Å². The third-order valence-corrected chi connectivity index (χ3v) is 3.29. The summed E-state index contributed by atoms with van der Waals surface area (Å²) in [4.78, 5) is 4.34. The topological polar surface area (TPSA) is 81.1 Å². The van der Waals surface area contributed by atoms with Crippen molar-refractivity contribution in [1.82, 2.24) is 19.6 Å². The molecule has 0 saturated heterocycles. The second kappa shape index (κ2) is 4.80. The molecule has 6 nitrogen and oxygen atoms in total. The Morgan fingerprint density at radius 1 is 1.20 bits per heavy atom. The molecule has 0 amide bonds. The second-order valence-corrected chi connectivity index (χ2v) is 4.75. The number of nitrogens with zero attached hydrogens (tertiary/aromatic N) is 4. The normalized spacial score (nSPS) is 12.5. The van der Waals surface area contributed by atoms with E-state index in [2.05, 4.69) is 27.4 Å². The smallest absolute Gasteiger partial charge is 0.203 e. The summed E-state index contributed by atoms with van der Waals surface area (Å²) in [6, 6.07) is 7.89. The highest BCUT2D eigenvalue weighted by molar-refractivity contribution is 5.62. The van der Waals surface area contributed by atoms with Crippen LogP contribution in [0.4, 0.5) is 11.5 Å². The Kier molecular flexibility index (Phi) is 2.98. The largest absolute Gasteiger partial charge is 0.399 e. The molecule has 3 rings (SSSR count). The van der Waals surface area contributed by atoms with E-state index in [9.17, 15) is 0 Å². The van der Waals surface area contributed by atoms with Crippen molar-refractivity contribution in [3.8, 4) is 0 Å². The van der Waals surface area contributed by atoms with Crippen LogP contribution in [0.5, 0.6) is 0 Å². The molecular weight excluding hydrogens is 252 g/mol. The van der Waals surface area contributed by atoms with E-state index in [0.717, 1.165) is 28.5 Å². The van der Waals surface area contributed by atoms with Crippen LogP contribution in [0.1, 0.15) is 24.4 Å². The molecule has 0 saturated carbocycles. The van der Waals surface area contributed by atoms with Gasteiger partial charge in [-0.15, -0.1) is 10.2 Å². The monoisotopic (exact) mass is 268 g/mol. The SMILES string of the molecule is Cc1nnc2c(NC(C)c3ccc(N)cc3)nccn12. The van der Waals surface area contributed by atoms with Crippen molar-refractivity contribution in [3.05, 3.63) is 48.0 Å². The maximum Gasteiger partial charge on any atom is 0.203 e. The summed E-state index contributed by atoms with van der Waals surface area (Å²) in [5.41, 5.74) is 8.33. The molecule has 0 fully saturated rings. The molecule has 0 spiro atoms. The van der Waals surface area contributed by atoms with E-state index >= 15 is 0 Å². The first-order valence-corrected chi connectivity index (χ1v) is 6.43. The minimum Gasteiger partial charge on any atom is -0.399 e. The third-order valence-electron chi connectivity index (χ3n) is 3.29. The molecule has 3 aromatic rings. The van der Waals surface area contributed by atoms with Gasteiger partial charge in [0.05, 0.1) is 6.04 Å². The van der Waals surface area contributed by atoms with Crippen LogP contribution in [-0.2, 0) is 0 Å². The lowest BCUT2D eigenvalue weighted by Crippen LogP contribution is -2.09. The van der Waals surface area contributed by atoms with Crippen LogP contribution >= 0.6 is 0 Å². The van der Waals surface area contributed by atoms with E-state index < -0.39 is 0 Å². The predicted molar refractivity (Wildman–Crippen MR) is 78.4 cm³/mol. The standard InChI is InChI=1S/C14H16N6/c1-9(11-3-5-12(15)6-4-11)17-13-14-19-18-10(2)20(14)8-7-16-13/h3-9H,15H2,1-2H3,(H,16,17). The zero-order valence-corrected chi connectivity index (χ0v) is 11.4. The van der Waals surface area contributed by atoms with Crippen molar-refractivity contribution in [1.29, 1.82) is 0 Å². The summed E-state index contributed by atoms with van der Waals surface area (Å²) < 4.78 is 1.91. The van der Waals surface area contributed by atoms with Gasteiger partial charge < -0.3 is 11.1 Å². The number of fused-ring (bicyclic) bond motifs is 1. The number of nitrogens with two attached hydrogens (primary N) is 1. The van der Waals surface area contributed by atoms with Gasteiger partial charge in [-0.25, -0.2) is 4.98 Å². The lowest BCUT2D eigenvalue weighted by molar-refractivity contribution is 0.872. The Hall–Kier alpha value is -2.63. The van der Waals surface area contributed by atoms with Crippen LogP contribution in [0.2, 0.25) is 0 Å². The molecule has 3 N–H and O–H groups in total. The van der Waals surface area contributed by atoms with E-state index in [1.54, 1.807) is 6.20 Å². The lowest BCUT2D eigenvalue weighted by Gasteiger charge is -2.15. The van der Waals surface area contributed by atoms with Gasteiger partial charge in [-0.1, -0.05) is 12.1 Å². The zero-order valence-electron chi connectivity index (χ0n) is 11.4. The number of nitrogens with one attached hydrogen (secondary N) is 1. The average molecular weight is 268 g/mol. The molecule has 0 aliphatic carbocycles. The first-order valence-electron chi connectivity index (χ1n) is 6.43. The quantitative estimate of drug-likeness (QED) is 0.712. The Morgan fingerprint density at radius 3 is 2.70 bits per heavy atom. The summed E-state index contributed by atoms with van der Waals surface area (Å²) in [5.74, 6) is 1.56. The summed E-state index contributed by atoms with van der Waals surface area (Å²) >= 11 is 0. The Balaban J connectivity index is 1.91. The van der Waals surface area contributed by atoms with Gasteiger partial charge in [-0.2, -0.15) is 0 Å². The van der Waals surface area contributed by atoms with Gasteiger partial charge in [0.2, 0.25) is 5.65 Å². The molecule has 2 heterocycles. The van der Waals surface area contributed by atoms with Gasteiger partial charge >= 0.3 is 0 Å². The van der Waals surface area contributed by atoms with Gasteiger partial charge in [0, 0.05) is 18.1 Å². The molecule has 6 heteroatoms. The second-order valence-electron chi connectivity index (χ2n) is 4.75. The number of rotatable bonds is 3. The molecule has 1 atom stereocenters. The summed E-state index contributed by atoms with van der Waals surface area (Å²) in [6.45, 7) is 3.98. The molecular formula is C14H16N6. The Bertz CT molecular complexity index is 731.